The van der Waals surface area contributed by atoms with Gasteiger partial charge >= 0.3 is 6.09 Å². The lowest BCUT2D eigenvalue weighted by Gasteiger charge is -2.06. The zero-order valence-corrected chi connectivity index (χ0v) is 10.6. The first-order valence-electron chi connectivity index (χ1n) is 6.04. The van der Waals surface area contributed by atoms with Crippen LogP contribution in [0.5, 0.6) is 0 Å². The van der Waals surface area contributed by atoms with Crippen LogP contribution in [0.25, 0.3) is 11.0 Å². The van der Waals surface area contributed by atoms with E-state index in [4.69, 9.17) is 10.5 Å². The summed E-state index contributed by atoms with van der Waals surface area (Å²) in [5.41, 5.74) is 7.08. The summed E-state index contributed by atoms with van der Waals surface area (Å²) < 4.78 is 6.56. The number of nitrogens with zero attached hydrogens (tertiary/aromatic N) is 3. The second-order valence-corrected chi connectivity index (χ2v) is 4.22. The monoisotopic (exact) mass is 268 g/mol. The van der Waals surface area contributed by atoms with Crippen LogP contribution in [-0.2, 0) is 11.3 Å². The number of nitrogen functional groups attached to an aromatic ring is 1. The van der Waals surface area contributed by atoms with E-state index in [1.807, 2.05) is 30.3 Å². The molecule has 0 radical (unpaired) electrons. The van der Waals surface area contributed by atoms with Crippen LogP contribution in [0, 0.1) is 0 Å². The van der Waals surface area contributed by atoms with Gasteiger partial charge in [0.2, 0.25) is 0 Å². The molecule has 1 aromatic carbocycles. The van der Waals surface area contributed by atoms with Gasteiger partial charge in [-0.05, 0) is 11.6 Å². The number of ether oxygens (including phenoxy) is 1. The Morgan fingerprint density at radius 2 is 2.00 bits per heavy atom. The Morgan fingerprint density at radius 1 is 1.20 bits per heavy atom. The highest BCUT2D eigenvalue weighted by atomic mass is 16.5. The number of benzene rings is 1. The molecule has 2 heterocycles. The molecular formula is C14H12N4O2. The number of nitrogens with two attached hydrogens (primary N) is 1. The molecule has 3 rings (SSSR count). The average molecular weight is 268 g/mol. The van der Waals surface area contributed by atoms with Gasteiger partial charge in [0, 0.05) is 6.20 Å². The Kier molecular flexibility index (Phi) is 3.04. The number of fused-ring (bicyclic) bond motifs is 1. The van der Waals surface area contributed by atoms with Crippen LogP contribution in [0.3, 0.4) is 0 Å². The first-order valence-corrected chi connectivity index (χ1v) is 6.04. The Balaban J connectivity index is 1.81. The van der Waals surface area contributed by atoms with Crippen molar-refractivity contribution in [2.75, 3.05) is 5.73 Å². The van der Waals surface area contributed by atoms with E-state index in [9.17, 15) is 4.79 Å². The van der Waals surface area contributed by atoms with Crippen molar-refractivity contribution in [2.45, 2.75) is 6.61 Å². The molecule has 0 amide bonds. The van der Waals surface area contributed by atoms with E-state index in [0.29, 0.717) is 16.9 Å². The second-order valence-electron chi connectivity index (χ2n) is 4.22. The number of carbonyl (C=O) groups is 1. The van der Waals surface area contributed by atoms with E-state index in [-0.39, 0.29) is 6.61 Å². The van der Waals surface area contributed by atoms with Gasteiger partial charge in [0.15, 0.2) is 5.65 Å². The van der Waals surface area contributed by atoms with E-state index < -0.39 is 6.09 Å². The van der Waals surface area contributed by atoms with Crippen LogP contribution in [0.1, 0.15) is 5.56 Å². The van der Waals surface area contributed by atoms with Crippen LogP contribution in [0.2, 0.25) is 0 Å². The van der Waals surface area contributed by atoms with Crippen molar-refractivity contribution in [3.63, 3.8) is 0 Å². The van der Waals surface area contributed by atoms with Gasteiger partial charge in [0.25, 0.3) is 0 Å². The molecule has 0 unspecified atom stereocenters. The van der Waals surface area contributed by atoms with Gasteiger partial charge < -0.3 is 10.5 Å². The van der Waals surface area contributed by atoms with Crippen LogP contribution < -0.4 is 5.73 Å². The minimum atomic E-state index is -0.498. The molecule has 3 aromatic rings. The molecule has 0 saturated carbocycles. The molecule has 0 spiro atoms. The number of hydrogen-bond acceptors (Lipinski definition) is 5. The molecule has 6 nitrogen and oxygen atoms in total. The van der Waals surface area contributed by atoms with Crippen molar-refractivity contribution in [1.29, 1.82) is 0 Å². The third kappa shape index (κ3) is 2.18. The maximum Gasteiger partial charge on any atom is 0.420 e. The smallest absolute Gasteiger partial charge is 0.420 e. The quantitative estimate of drug-likeness (QED) is 0.770. The number of aromatic nitrogens is 3. The zero-order chi connectivity index (χ0) is 13.9. The fourth-order valence-corrected chi connectivity index (χ4v) is 1.91. The summed E-state index contributed by atoms with van der Waals surface area (Å²) in [5, 5.41) is 0.629. The maximum absolute atomic E-state index is 12.0. The summed E-state index contributed by atoms with van der Waals surface area (Å²) in [7, 11) is 0. The molecule has 20 heavy (non-hydrogen) atoms. The summed E-state index contributed by atoms with van der Waals surface area (Å²) in [5.74, 6) is 0.338. The van der Waals surface area contributed by atoms with Gasteiger partial charge in [0.05, 0.1) is 5.39 Å². The third-order valence-corrected chi connectivity index (χ3v) is 2.91. The summed E-state index contributed by atoms with van der Waals surface area (Å²) in [6.07, 6.45) is 2.39. The predicted molar refractivity (Wildman–Crippen MR) is 74.0 cm³/mol. The van der Waals surface area contributed by atoms with Crippen LogP contribution in [0.15, 0.2) is 48.9 Å². The summed E-state index contributed by atoms with van der Waals surface area (Å²) in [4.78, 5) is 20.0. The fraction of sp³-hybridized carbons (Fsp3) is 0.0714. The molecule has 2 aromatic heterocycles. The lowest BCUT2D eigenvalue weighted by Crippen LogP contribution is -2.13. The van der Waals surface area contributed by atoms with Crippen molar-refractivity contribution in [3.8, 4) is 0 Å². The Bertz CT molecular complexity index is 752. The summed E-state index contributed by atoms with van der Waals surface area (Å²) >= 11 is 0. The average Bonchev–Trinajstić information content (AvgIpc) is 2.91. The summed E-state index contributed by atoms with van der Waals surface area (Å²) in [6, 6.07) is 11.2. The minimum Gasteiger partial charge on any atom is -0.444 e. The molecule has 0 aliphatic heterocycles. The van der Waals surface area contributed by atoms with Crippen molar-refractivity contribution in [1.82, 2.24) is 14.5 Å². The van der Waals surface area contributed by atoms with Crippen LogP contribution >= 0.6 is 0 Å². The first kappa shape index (κ1) is 12.2. The van der Waals surface area contributed by atoms with Crippen LogP contribution in [0.4, 0.5) is 10.6 Å². The standard InChI is InChI=1S/C14H12N4O2/c15-12-11-6-7-18(13(11)17-9-16-12)14(19)20-8-10-4-2-1-3-5-10/h1-7,9H,8H2,(H2,15,16,17). The number of carbonyl (C=O) groups excluding carboxylic acids is 1. The SMILES string of the molecule is Nc1ncnc2c1ccn2C(=O)OCc1ccccc1. The Labute approximate surface area is 114 Å². The molecule has 2 N–H and O–H groups in total. The van der Waals surface area contributed by atoms with Crippen LogP contribution in [-0.4, -0.2) is 20.6 Å². The zero-order valence-electron chi connectivity index (χ0n) is 10.6. The number of rotatable bonds is 2. The number of anilines is 1. The molecule has 0 aliphatic carbocycles. The topological polar surface area (TPSA) is 83.0 Å². The minimum absolute atomic E-state index is 0.208. The molecular weight excluding hydrogens is 256 g/mol. The van der Waals surface area contributed by atoms with Gasteiger partial charge in [-0.2, -0.15) is 0 Å². The maximum atomic E-state index is 12.0. The molecule has 0 aliphatic rings. The lowest BCUT2D eigenvalue weighted by molar-refractivity contribution is 0.142. The van der Waals surface area contributed by atoms with E-state index in [0.717, 1.165) is 5.56 Å². The Hall–Kier alpha value is -2.89. The van der Waals surface area contributed by atoms with Gasteiger partial charge in [-0.1, -0.05) is 30.3 Å². The summed E-state index contributed by atoms with van der Waals surface area (Å²) in [6.45, 7) is 0.208. The lowest BCUT2D eigenvalue weighted by atomic mass is 10.2. The highest BCUT2D eigenvalue weighted by Gasteiger charge is 2.13. The number of hydrogen-bond donors (Lipinski definition) is 1. The highest BCUT2D eigenvalue weighted by molar-refractivity contribution is 5.92. The first-order chi connectivity index (χ1) is 9.75. The van der Waals surface area contributed by atoms with E-state index >= 15 is 0 Å². The normalized spacial score (nSPS) is 10.6. The van der Waals surface area contributed by atoms with Crippen molar-refractivity contribution < 1.29 is 9.53 Å². The van der Waals surface area contributed by atoms with Gasteiger partial charge in [-0.3, -0.25) is 0 Å². The van der Waals surface area contributed by atoms with Gasteiger partial charge in [0.1, 0.15) is 18.8 Å². The van der Waals surface area contributed by atoms with Crippen molar-refractivity contribution >= 4 is 22.9 Å². The largest absolute Gasteiger partial charge is 0.444 e. The van der Waals surface area contributed by atoms with E-state index in [1.54, 1.807) is 12.3 Å². The molecule has 0 fully saturated rings. The third-order valence-electron chi connectivity index (χ3n) is 2.91. The molecule has 0 bridgehead atoms. The highest BCUT2D eigenvalue weighted by Crippen LogP contribution is 2.17. The van der Waals surface area contributed by atoms with Crippen molar-refractivity contribution in [3.05, 3.63) is 54.5 Å². The van der Waals surface area contributed by atoms with Gasteiger partial charge in [-0.15, -0.1) is 0 Å². The van der Waals surface area contributed by atoms with Crippen molar-refractivity contribution in [2.24, 2.45) is 0 Å². The molecule has 100 valence electrons. The second kappa shape index (κ2) is 5.00. The molecule has 6 heteroatoms. The fourth-order valence-electron chi connectivity index (χ4n) is 1.91. The van der Waals surface area contributed by atoms with E-state index in [2.05, 4.69) is 9.97 Å². The Morgan fingerprint density at radius 3 is 2.80 bits per heavy atom. The van der Waals surface area contributed by atoms with Gasteiger partial charge in [-0.25, -0.2) is 19.3 Å². The molecule has 0 saturated heterocycles. The predicted octanol–water partition coefficient (Wildman–Crippen LogP) is 2.20. The molecule has 0 atom stereocenters. The van der Waals surface area contributed by atoms with E-state index in [1.165, 1.54) is 10.9 Å².